The molecule has 2 rings (SSSR count). The first-order valence-electron chi connectivity index (χ1n) is 5.82. The summed E-state index contributed by atoms with van der Waals surface area (Å²) in [5.41, 5.74) is 10.8. The van der Waals surface area contributed by atoms with Gasteiger partial charge >= 0.3 is 0 Å². The monoisotopic (exact) mass is 288 g/mol. The van der Waals surface area contributed by atoms with Crippen LogP contribution in [-0.2, 0) is 0 Å². The number of aromatic amines is 2. The Morgan fingerprint density at radius 2 is 1.57 bits per heavy atom. The van der Waals surface area contributed by atoms with Gasteiger partial charge < -0.3 is 16.6 Å². The summed E-state index contributed by atoms with van der Waals surface area (Å²) in [4.78, 5) is 33.8. The SMILES string of the molecule is Cc1[nH][nH]c(=O)c1N=Nc1cc(C(N)=O)cc(C(N)=O)c1. The lowest BCUT2D eigenvalue weighted by molar-refractivity contribution is 0.0999. The molecular weight excluding hydrogens is 276 g/mol. The van der Waals surface area contributed by atoms with Crippen molar-refractivity contribution < 1.29 is 9.59 Å². The van der Waals surface area contributed by atoms with Gasteiger partial charge in [0.05, 0.1) is 11.4 Å². The minimum Gasteiger partial charge on any atom is -0.366 e. The van der Waals surface area contributed by atoms with Crippen LogP contribution in [0.2, 0.25) is 0 Å². The van der Waals surface area contributed by atoms with E-state index in [1.54, 1.807) is 6.92 Å². The number of benzene rings is 1. The zero-order valence-corrected chi connectivity index (χ0v) is 11.0. The highest BCUT2D eigenvalue weighted by atomic mass is 16.1. The normalized spacial score (nSPS) is 10.9. The van der Waals surface area contributed by atoms with E-state index in [0.29, 0.717) is 5.69 Å². The van der Waals surface area contributed by atoms with Gasteiger partial charge in [-0.2, -0.15) is 5.11 Å². The molecule has 0 aliphatic rings. The van der Waals surface area contributed by atoms with Crippen LogP contribution in [-0.4, -0.2) is 22.0 Å². The van der Waals surface area contributed by atoms with Crippen LogP contribution >= 0.6 is 0 Å². The lowest BCUT2D eigenvalue weighted by atomic mass is 10.1. The maximum absolute atomic E-state index is 11.4. The second kappa shape index (κ2) is 5.41. The van der Waals surface area contributed by atoms with Gasteiger partial charge in [-0.1, -0.05) is 0 Å². The lowest BCUT2D eigenvalue weighted by Gasteiger charge is -2.01. The highest BCUT2D eigenvalue weighted by Crippen LogP contribution is 2.20. The Hall–Kier alpha value is -3.23. The van der Waals surface area contributed by atoms with Gasteiger partial charge in [-0.05, 0) is 25.1 Å². The minimum atomic E-state index is -0.731. The fraction of sp³-hybridized carbons (Fsp3) is 0.0833. The highest BCUT2D eigenvalue weighted by molar-refractivity contribution is 5.99. The summed E-state index contributed by atoms with van der Waals surface area (Å²) in [7, 11) is 0. The van der Waals surface area contributed by atoms with Crippen LogP contribution in [0, 0.1) is 6.92 Å². The third-order valence-electron chi connectivity index (χ3n) is 2.69. The predicted octanol–water partition coefficient (Wildman–Crippen LogP) is 0.625. The van der Waals surface area contributed by atoms with E-state index in [-0.39, 0.29) is 22.5 Å². The number of carbonyl (C=O) groups is 2. The molecule has 9 heteroatoms. The molecular formula is C12H12N6O3. The standard InChI is InChI=1S/C12H12N6O3/c1-5-9(12(21)18-15-5)17-16-8-3-6(10(13)19)2-7(4-8)11(14)20/h2-4H,1H3,(H2,13,19)(H2,14,20)(H2,15,18,21). The predicted molar refractivity (Wildman–Crippen MR) is 73.8 cm³/mol. The highest BCUT2D eigenvalue weighted by Gasteiger charge is 2.09. The number of azo groups is 1. The van der Waals surface area contributed by atoms with Crippen molar-refractivity contribution in [3.05, 3.63) is 45.4 Å². The van der Waals surface area contributed by atoms with Gasteiger partial charge in [0.1, 0.15) is 0 Å². The smallest absolute Gasteiger partial charge is 0.291 e. The third kappa shape index (κ3) is 3.03. The summed E-state index contributed by atoms with van der Waals surface area (Å²) in [5, 5.41) is 12.6. The van der Waals surface area contributed by atoms with Gasteiger partial charge in [0, 0.05) is 11.1 Å². The molecule has 0 saturated heterocycles. The molecule has 108 valence electrons. The fourth-order valence-corrected chi connectivity index (χ4v) is 1.62. The van der Waals surface area contributed by atoms with Crippen LogP contribution in [0.15, 0.2) is 33.2 Å². The van der Waals surface area contributed by atoms with Gasteiger partial charge in [0.15, 0.2) is 5.69 Å². The Kier molecular flexibility index (Phi) is 3.65. The minimum absolute atomic E-state index is 0.0694. The Morgan fingerprint density at radius 1 is 1.00 bits per heavy atom. The summed E-state index contributed by atoms with van der Waals surface area (Å²) in [6, 6.07) is 3.95. The maximum atomic E-state index is 11.4. The molecule has 0 unspecified atom stereocenters. The number of nitrogens with one attached hydrogen (secondary N) is 2. The fourth-order valence-electron chi connectivity index (χ4n) is 1.62. The van der Waals surface area contributed by atoms with Crippen LogP contribution in [0.5, 0.6) is 0 Å². The average Bonchev–Trinajstić information content (AvgIpc) is 2.75. The number of nitrogens with two attached hydrogens (primary N) is 2. The first-order valence-corrected chi connectivity index (χ1v) is 5.82. The van der Waals surface area contributed by atoms with E-state index < -0.39 is 17.4 Å². The summed E-state index contributed by atoms with van der Waals surface area (Å²) in [5.74, 6) is -1.46. The molecule has 0 aliphatic carbocycles. The maximum Gasteiger partial charge on any atom is 0.291 e. The van der Waals surface area contributed by atoms with Crippen molar-refractivity contribution in [1.29, 1.82) is 0 Å². The third-order valence-corrected chi connectivity index (χ3v) is 2.69. The molecule has 1 aromatic carbocycles. The topological polar surface area (TPSA) is 160 Å². The van der Waals surface area contributed by atoms with Crippen LogP contribution in [0.1, 0.15) is 26.4 Å². The molecule has 0 fully saturated rings. The molecule has 2 amide bonds. The summed E-state index contributed by atoms with van der Waals surface area (Å²) >= 11 is 0. The number of primary amides is 2. The Bertz CT molecular complexity index is 769. The second-order valence-electron chi connectivity index (χ2n) is 4.25. The number of nitrogens with zero attached hydrogens (tertiary/aromatic N) is 2. The number of H-pyrrole nitrogens is 2. The number of aryl methyl sites for hydroxylation is 1. The van der Waals surface area contributed by atoms with E-state index in [1.165, 1.54) is 18.2 Å². The van der Waals surface area contributed by atoms with Crippen molar-refractivity contribution in [3.63, 3.8) is 0 Å². The van der Waals surface area contributed by atoms with Gasteiger partial charge in [0.25, 0.3) is 5.56 Å². The van der Waals surface area contributed by atoms with E-state index in [0.717, 1.165) is 0 Å². The Morgan fingerprint density at radius 3 is 2.00 bits per heavy atom. The van der Waals surface area contributed by atoms with Gasteiger partial charge in [-0.25, -0.2) is 0 Å². The van der Waals surface area contributed by atoms with Gasteiger partial charge in [-0.3, -0.25) is 19.5 Å². The Balaban J connectivity index is 2.46. The molecule has 0 radical (unpaired) electrons. The lowest BCUT2D eigenvalue weighted by Crippen LogP contribution is -2.15. The van der Waals surface area contributed by atoms with Crippen molar-refractivity contribution in [2.24, 2.45) is 21.7 Å². The van der Waals surface area contributed by atoms with Crippen molar-refractivity contribution >= 4 is 23.2 Å². The van der Waals surface area contributed by atoms with E-state index >= 15 is 0 Å². The first kappa shape index (κ1) is 14.2. The van der Waals surface area contributed by atoms with Gasteiger partial charge in [0.2, 0.25) is 11.8 Å². The van der Waals surface area contributed by atoms with Crippen LogP contribution in [0.25, 0.3) is 0 Å². The molecule has 2 aromatic rings. The van der Waals surface area contributed by atoms with Crippen molar-refractivity contribution in [3.8, 4) is 0 Å². The number of rotatable bonds is 4. The number of carbonyl (C=O) groups excluding carboxylic acids is 2. The average molecular weight is 288 g/mol. The van der Waals surface area contributed by atoms with Crippen molar-refractivity contribution in [2.45, 2.75) is 6.92 Å². The number of hydrogen-bond donors (Lipinski definition) is 4. The molecule has 1 heterocycles. The molecule has 6 N–H and O–H groups in total. The van der Waals surface area contributed by atoms with Crippen LogP contribution in [0.4, 0.5) is 11.4 Å². The zero-order chi connectivity index (χ0) is 15.6. The largest absolute Gasteiger partial charge is 0.366 e. The second-order valence-corrected chi connectivity index (χ2v) is 4.25. The first-order chi connectivity index (χ1) is 9.88. The molecule has 0 aliphatic heterocycles. The molecule has 9 nitrogen and oxygen atoms in total. The molecule has 0 spiro atoms. The number of amides is 2. The molecule has 0 atom stereocenters. The summed E-state index contributed by atoms with van der Waals surface area (Å²) in [6.07, 6.45) is 0. The molecule has 21 heavy (non-hydrogen) atoms. The Labute approximate surface area is 118 Å². The van der Waals surface area contributed by atoms with Crippen LogP contribution in [0.3, 0.4) is 0 Å². The van der Waals surface area contributed by atoms with E-state index in [2.05, 4.69) is 20.4 Å². The molecule has 1 aromatic heterocycles. The van der Waals surface area contributed by atoms with E-state index in [4.69, 9.17) is 11.5 Å². The summed E-state index contributed by atoms with van der Waals surface area (Å²) in [6.45, 7) is 1.64. The number of aromatic nitrogens is 2. The molecule has 0 bridgehead atoms. The van der Waals surface area contributed by atoms with E-state index in [1.807, 2.05) is 0 Å². The van der Waals surface area contributed by atoms with Crippen LogP contribution < -0.4 is 17.0 Å². The van der Waals surface area contributed by atoms with Crippen molar-refractivity contribution in [1.82, 2.24) is 10.2 Å². The summed E-state index contributed by atoms with van der Waals surface area (Å²) < 4.78 is 0. The van der Waals surface area contributed by atoms with Crippen molar-refractivity contribution in [2.75, 3.05) is 0 Å². The van der Waals surface area contributed by atoms with E-state index in [9.17, 15) is 14.4 Å². The number of hydrogen-bond acceptors (Lipinski definition) is 5. The van der Waals surface area contributed by atoms with Gasteiger partial charge in [-0.15, -0.1) is 5.11 Å². The zero-order valence-electron chi connectivity index (χ0n) is 11.0. The quantitative estimate of drug-likeness (QED) is 0.608. The molecule has 0 saturated carbocycles.